The van der Waals surface area contributed by atoms with Gasteiger partial charge in [-0.3, -0.25) is 4.79 Å². The number of ketones is 1. The van der Waals surface area contributed by atoms with E-state index in [4.69, 9.17) is 4.74 Å². The van der Waals surface area contributed by atoms with Gasteiger partial charge in [0.05, 0.1) is 5.56 Å². The van der Waals surface area contributed by atoms with E-state index in [-0.39, 0.29) is 50.8 Å². The number of aromatic carboxylic acids is 1. The number of carboxylic acid groups (broad SMARTS) is 1. The molecule has 9 heteroatoms. The number of hydrogen-bond donors (Lipinski definition) is 6. The van der Waals surface area contributed by atoms with Crippen molar-refractivity contribution in [1.29, 1.82) is 0 Å². The lowest BCUT2D eigenvalue weighted by Gasteiger charge is -2.30. The standard InChI is InChI=1S/C22H16O9/c23-11-7-16(26)18-17(8-11)31-21(20(28)19(18)27)9-1-3-14(24)12(5-9)13-6-10(22(29)30)2-4-15(13)25/h1-8,20-21,23-26,28H,(H,29,30)/t20-,21+/m1/s1. The molecule has 6 N–H and O–H groups in total. The molecule has 0 saturated carbocycles. The number of ether oxygens (including phenoxy) is 1. The summed E-state index contributed by atoms with van der Waals surface area (Å²) >= 11 is 0. The van der Waals surface area contributed by atoms with E-state index in [0.717, 1.165) is 12.1 Å². The first-order chi connectivity index (χ1) is 14.7. The monoisotopic (exact) mass is 424 g/mol. The number of carboxylic acids is 1. The van der Waals surface area contributed by atoms with Gasteiger partial charge in [-0.25, -0.2) is 4.79 Å². The van der Waals surface area contributed by atoms with Gasteiger partial charge >= 0.3 is 5.97 Å². The van der Waals surface area contributed by atoms with Crippen molar-refractivity contribution in [3.05, 3.63) is 65.2 Å². The number of aromatic hydroxyl groups is 4. The van der Waals surface area contributed by atoms with Crippen LogP contribution in [0.4, 0.5) is 0 Å². The second-order valence-electron chi connectivity index (χ2n) is 7.00. The Balaban J connectivity index is 1.81. The summed E-state index contributed by atoms with van der Waals surface area (Å²) in [4.78, 5) is 23.9. The number of hydrogen-bond acceptors (Lipinski definition) is 8. The Kier molecular flexibility index (Phi) is 4.67. The summed E-state index contributed by atoms with van der Waals surface area (Å²) in [5.74, 6) is -3.66. The van der Waals surface area contributed by atoms with Crippen molar-refractivity contribution in [3.8, 4) is 39.9 Å². The van der Waals surface area contributed by atoms with Gasteiger partial charge in [0.15, 0.2) is 12.2 Å². The minimum absolute atomic E-state index is 0.0200. The van der Waals surface area contributed by atoms with Crippen LogP contribution in [0.2, 0.25) is 0 Å². The third-order valence-electron chi connectivity index (χ3n) is 5.00. The van der Waals surface area contributed by atoms with Crippen molar-refractivity contribution in [2.24, 2.45) is 0 Å². The van der Waals surface area contributed by atoms with E-state index < -0.39 is 29.7 Å². The van der Waals surface area contributed by atoms with E-state index in [0.29, 0.717) is 0 Å². The van der Waals surface area contributed by atoms with Crippen molar-refractivity contribution in [2.75, 3.05) is 0 Å². The third kappa shape index (κ3) is 3.36. The Morgan fingerprint density at radius 1 is 0.839 bits per heavy atom. The molecule has 1 aliphatic heterocycles. The van der Waals surface area contributed by atoms with Gasteiger partial charge < -0.3 is 35.4 Å². The van der Waals surface area contributed by atoms with Gasteiger partial charge in [-0.1, -0.05) is 6.07 Å². The molecule has 0 radical (unpaired) electrons. The van der Waals surface area contributed by atoms with Crippen LogP contribution in [0.25, 0.3) is 11.1 Å². The number of aliphatic hydroxyl groups excluding tert-OH is 1. The zero-order valence-electron chi connectivity index (χ0n) is 15.7. The maximum absolute atomic E-state index is 12.6. The summed E-state index contributed by atoms with van der Waals surface area (Å²) in [6, 6.07) is 9.57. The van der Waals surface area contributed by atoms with Crippen LogP contribution in [0.3, 0.4) is 0 Å². The predicted octanol–water partition coefficient (Wildman–Crippen LogP) is 2.55. The quantitative estimate of drug-likeness (QED) is 0.370. The summed E-state index contributed by atoms with van der Waals surface area (Å²) in [6.07, 6.45) is -2.97. The van der Waals surface area contributed by atoms with Crippen LogP contribution in [0.5, 0.6) is 28.7 Å². The normalized spacial score (nSPS) is 17.6. The average molecular weight is 424 g/mol. The highest BCUT2D eigenvalue weighted by molar-refractivity contribution is 6.05. The molecule has 0 saturated heterocycles. The second kappa shape index (κ2) is 7.22. The molecule has 0 unspecified atom stereocenters. The topological polar surface area (TPSA) is 165 Å². The fourth-order valence-electron chi connectivity index (χ4n) is 3.50. The first-order valence-electron chi connectivity index (χ1n) is 9.02. The molecule has 4 rings (SSSR count). The Morgan fingerprint density at radius 3 is 2.16 bits per heavy atom. The number of phenolic OH excluding ortho intramolecular Hbond substituents is 4. The first kappa shape index (κ1) is 20.0. The molecule has 0 bridgehead atoms. The van der Waals surface area contributed by atoms with E-state index in [1.165, 1.54) is 36.4 Å². The van der Waals surface area contributed by atoms with E-state index in [9.17, 15) is 40.2 Å². The lowest BCUT2D eigenvalue weighted by molar-refractivity contribution is 0.0211. The van der Waals surface area contributed by atoms with Crippen LogP contribution in [0.15, 0.2) is 48.5 Å². The fourth-order valence-corrected chi connectivity index (χ4v) is 3.50. The third-order valence-corrected chi connectivity index (χ3v) is 5.00. The molecule has 3 aromatic carbocycles. The highest BCUT2D eigenvalue weighted by Crippen LogP contribution is 2.44. The number of rotatable bonds is 3. The summed E-state index contributed by atoms with van der Waals surface area (Å²) in [7, 11) is 0. The predicted molar refractivity (Wildman–Crippen MR) is 106 cm³/mol. The Bertz CT molecular complexity index is 1230. The molecule has 9 nitrogen and oxygen atoms in total. The van der Waals surface area contributed by atoms with Gasteiger partial charge in [0.25, 0.3) is 0 Å². The van der Waals surface area contributed by atoms with Gasteiger partial charge in [0.1, 0.15) is 34.3 Å². The molecule has 0 aromatic heterocycles. The number of aliphatic hydroxyl groups is 1. The van der Waals surface area contributed by atoms with Gasteiger partial charge in [-0.2, -0.15) is 0 Å². The minimum atomic E-state index is -1.71. The maximum Gasteiger partial charge on any atom is 0.335 e. The highest BCUT2D eigenvalue weighted by atomic mass is 16.5. The van der Waals surface area contributed by atoms with E-state index >= 15 is 0 Å². The van der Waals surface area contributed by atoms with Crippen molar-refractivity contribution in [1.82, 2.24) is 0 Å². The van der Waals surface area contributed by atoms with Gasteiger partial charge in [-0.15, -0.1) is 0 Å². The minimum Gasteiger partial charge on any atom is -0.508 e. The molecular formula is C22H16O9. The average Bonchev–Trinajstić information content (AvgIpc) is 2.71. The summed E-state index contributed by atoms with van der Waals surface area (Å²) in [6.45, 7) is 0. The Labute approximate surface area is 174 Å². The van der Waals surface area contributed by atoms with Gasteiger partial charge in [0.2, 0.25) is 5.78 Å². The Hall–Kier alpha value is -4.24. The molecule has 0 fully saturated rings. The lowest BCUT2D eigenvalue weighted by atomic mass is 9.90. The molecule has 2 atom stereocenters. The fraction of sp³-hybridized carbons (Fsp3) is 0.0909. The largest absolute Gasteiger partial charge is 0.508 e. The molecule has 31 heavy (non-hydrogen) atoms. The molecule has 1 heterocycles. The molecule has 158 valence electrons. The van der Waals surface area contributed by atoms with Gasteiger partial charge in [-0.05, 0) is 35.9 Å². The number of carbonyl (C=O) groups excluding carboxylic acids is 1. The summed E-state index contributed by atoms with van der Waals surface area (Å²) in [5, 5.41) is 59.8. The molecule has 3 aromatic rings. The number of phenols is 4. The van der Waals surface area contributed by atoms with Crippen LogP contribution < -0.4 is 4.74 Å². The van der Waals surface area contributed by atoms with Crippen molar-refractivity contribution < 1.29 is 45.0 Å². The van der Waals surface area contributed by atoms with Crippen LogP contribution in [-0.4, -0.2) is 48.5 Å². The van der Waals surface area contributed by atoms with E-state index in [2.05, 4.69) is 0 Å². The molecular weight excluding hydrogens is 408 g/mol. The SMILES string of the molecule is O=C(O)c1ccc(O)c(-c2cc([C@@H]3Oc4cc(O)cc(O)c4C(=O)[C@H]3O)ccc2O)c1. The van der Waals surface area contributed by atoms with Crippen molar-refractivity contribution >= 4 is 11.8 Å². The van der Waals surface area contributed by atoms with Gasteiger partial charge in [0, 0.05) is 23.3 Å². The Morgan fingerprint density at radius 2 is 1.48 bits per heavy atom. The summed E-state index contributed by atoms with van der Waals surface area (Å²) in [5.41, 5.74) is -0.103. The number of fused-ring (bicyclic) bond motifs is 1. The zero-order chi connectivity index (χ0) is 22.4. The second-order valence-corrected chi connectivity index (χ2v) is 7.00. The smallest absolute Gasteiger partial charge is 0.335 e. The first-order valence-corrected chi connectivity index (χ1v) is 9.02. The van der Waals surface area contributed by atoms with Crippen LogP contribution in [0.1, 0.15) is 32.4 Å². The van der Waals surface area contributed by atoms with Crippen molar-refractivity contribution in [2.45, 2.75) is 12.2 Å². The summed E-state index contributed by atoms with van der Waals surface area (Å²) < 4.78 is 5.66. The molecule has 0 amide bonds. The molecule has 0 aliphatic carbocycles. The van der Waals surface area contributed by atoms with Crippen molar-refractivity contribution in [3.63, 3.8) is 0 Å². The van der Waals surface area contributed by atoms with Crippen LogP contribution in [-0.2, 0) is 0 Å². The number of carbonyl (C=O) groups is 2. The number of benzene rings is 3. The maximum atomic E-state index is 12.6. The van der Waals surface area contributed by atoms with E-state index in [1.807, 2.05) is 0 Å². The molecule has 1 aliphatic rings. The molecule has 0 spiro atoms. The zero-order valence-corrected chi connectivity index (χ0v) is 15.7. The van der Waals surface area contributed by atoms with Crippen LogP contribution in [0, 0.1) is 0 Å². The lowest BCUT2D eigenvalue weighted by Crippen LogP contribution is -2.36. The number of Topliss-reactive ketones (excluding diaryl/α,β-unsaturated/α-hetero) is 1. The highest BCUT2D eigenvalue weighted by Gasteiger charge is 2.39. The van der Waals surface area contributed by atoms with Crippen LogP contribution >= 0.6 is 0 Å². The van der Waals surface area contributed by atoms with E-state index in [1.54, 1.807) is 0 Å².